The molecular formula is C12H20N4O3. The number of carboxylic acid groups (broad SMARTS) is 1. The lowest BCUT2D eigenvalue weighted by Crippen LogP contribution is -2.39. The highest BCUT2D eigenvalue weighted by molar-refractivity contribution is 5.75. The van der Waals surface area contributed by atoms with Crippen molar-refractivity contribution in [3.63, 3.8) is 0 Å². The summed E-state index contributed by atoms with van der Waals surface area (Å²) >= 11 is 0. The van der Waals surface area contributed by atoms with Crippen molar-refractivity contribution in [1.29, 1.82) is 0 Å². The minimum atomic E-state index is -0.897. The number of hydrogen-bond acceptors (Lipinski definition) is 3. The second-order valence-corrected chi connectivity index (χ2v) is 4.42. The Balaban J connectivity index is 2.36. The lowest BCUT2D eigenvalue weighted by molar-refractivity contribution is -0.141. The molecule has 0 bridgehead atoms. The van der Waals surface area contributed by atoms with Gasteiger partial charge in [-0.1, -0.05) is 6.92 Å². The second kappa shape index (κ2) is 6.77. The summed E-state index contributed by atoms with van der Waals surface area (Å²) < 4.78 is 1.68. The normalized spacial score (nSPS) is 11.9. The molecule has 0 spiro atoms. The average Bonchev–Trinajstić information content (AvgIpc) is 2.65. The Morgan fingerprint density at radius 2 is 2.16 bits per heavy atom. The van der Waals surface area contributed by atoms with Gasteiger partial charge in [-0.15, -0.1) is 0 Å². The van der Waals surface area contributed by atoms with Crippen molar-refractivity contribution in [1.82, 2.24) is 20.4 Å². The summed E-state index contributed by atoms with van der Waals surface area (Å²) in [4.78, 5) is 22.3. The molecule has 1 rings (SSSR count). The van der Waals surface area contributed by atoms with E-state index in [4.69, 9.17) is 5.11 Å². The minimum Gasteiger partial charge on any atom is -0.481 e. The number of nitrogens with zero attached hydrogens (tertiary/aromatic N) is 2. The summed E-state index contributed by atoms with van der Waals surface area (Å²) in [6.45, 7) is 4.14. The molecule has 0 saturated carbocycles. The third-order valence-electron chi connectivity index (χ3n) is 2.91. The van der Waals surface area contributed by atoms with Crippen LogP contribution in [0.15, 0.2) is 6.20 Å². The first-order chi connectivity index (χ1) is 8.93. The molecule has 0 aliphatic heterocycles. The SMILES string of the molecule is CCC(CNC(=O)NCc1cn(C)nc1C)C(=O)O. The average molecular weight is 268 g/mol. The maximum Gasteiger partial charge on any atom is 0.315 e. The summed E-state index contributed by atoms with van der Waals surface area (Å²) in [7, 11) is 1.81. The van der Waals surface area contributed by atoms with E-state index in [1.807, 2.05) is 20.2 Å². The van der Waals surface area contributed by atoms with Crippen LogP contribution in [0.3, 0.4) is 0 Å². The molecule has 1 aromatic heterocycles. The van der Waals surface area contributed by atoms with Gasteiger partial charge in [0, 0.05) is 31.9 Å². The highest BCUT2D eigenvalue weighted by Gasteiger charge is 2.15. The number of carbonyl (C=O) groups is 2. The zero-order valence-electron chi connectivity index (χ0n) is 11.4. The molecule has 19 heavy (non-hydrogen) atoms. The van der Waals surface area contributed by atoms with E-state index < -0.39 is 11.9 Å². The summed E-state index contributed by atoms with van der Waals surface area (Å²) in [6.07, 6.45) is 2.32. The van der Waals surface area contributed by atoms with E-state index in [0.717, 1.165) is 11.3 Å². The topological polar surface area (TPSA) is 96.3 Å². The quantitative estimate of drug-likeness (QED) is 0.705. The van der Waals surface area contributed by atoms with E-state index >= 15 is 0 Å². The van der Waals surface area contributed by atoms with Crippen LogP contribution in [0.4, 0.5) is 4.79 Å². The van der Waals surface area contributed by atoms with Gasteiger partial charge in [-0.3, -0.25) is 9.48 Å². The van der Waals surface area contributed by atoms with Crippen molar-refractivity contribution in [2.75, 3.05) is 6.54 Å². The van der Waals surface area contributed by atoms with Crippen LogP contribution in [-0.2, 0) is 18.4 Å². The highest BCUT2D eigenvalue weighted by atomic mass is 16.4. The van der Waals surface area contributed by atoms with Crippen LogP contribution < -0.4 is 10.6 Å². The van der Waals surface area contributed by atoms with Gasteiger partial charge in [0.25, 0.3) is 0 Å². The van der Waals surface area contributed by atoms with Crippen molar-refractivity contribution >= 4 is 12.0 Å². The smallest absolute Gasteiger partial charge is 0.315 e. The van der Waals surface area contributed by atoms with E-state index in [2.05, 4.69) is 15.7 Å². The van der Waals surface area contributed by atoms with Gasteiger partial charge in [-0.2, -0.15) is 5.10 Å². The van der Waals surface area contributed by atoms with Crippen molar-refractivity contribution in [2.24, 2.45) is 13.0 Å². The number of carboxylic acids is 1. The fourth-order valence-electron chi connectivity index (χ4n) is 1.68. The molecule has 7 nitrogen and oxygen atoms in total. The lowest BCUT2D eigenvalue weighted by Gasteiger charge is -2.11. The predicted molar refractivity (Wildman–Crippen MR) is 69.6 cm³/mol. The molecule has 0 aromatic carbocycles. The number of aromatic nitrogens is 2. The molecule has 3 N–H and O–H groups in total. The fraction of sp³-hybridized carbons (Fsp3) is 0.583. The maximum atomic E-state index is 11.5. The molecule has 0 fully saturated rings. The number of carbonyl (C=O) groups excluding carboxylic acids is 1. The van der Waals surface area contributed by atoms with E-state index in [1.165, 1.54) is 0 Å². The summed E-state index contributed by atoms with van der Waals surface area (Å²) in [5.74, 6) is -1.45. The van der Waals surface area contributed by atoms with Gasteiger partial charge in [0.05, 0.1) is 11.6 Å². The van der Waals surface area contributed by atoms with Crippen LogP contribution in [-0.4, -0.2) is 33.4 Å². The molecule has 0 aliphatic rings. The van der Waals surface area contributed by atoms with Crippen LogP contribution in [0.1, 0.15) is 24.6 Å². The molecule has 0 radical (unpaired) electrons. The summed E-state index contributed by atoms with van der Waals surface area (Å²) in [5, 5.41) is 18.2. The molecule has 0 saturated heterocycles. The monoisotopic (exact) mass is 268 g/mol. The predicted octanol–water partition coefficient (Wildman–Crippen LogP) is 0.639. The number of amides is 2. The Morgan fingerprint density at radius 3 is 2.63 bits per heavy atom. The zero-order chi connectivity index (χ0) is 14.4. The van der Waals surface area contributed by atoms with Crippen molar-refractivity contribution < 1.29 is 14.7 Å². The van der Waals surface area contributed by atoms with Gasteiger partial charge < -0.3 is 15.7 Å². The Kier molecular flexibility index (Phi) is 5.35. The largest absolute Gasteiger partial charge is 0.481 e. The van der Waals surface area contributed by atoms with E-state index in [-0.39, 0.29) is 12.6 Å². The molecule has 1 heterocycles. The first kappa shape index (κ1) is 15.0. The molecule has 106 valence electrons. The van der Waals surface area contributed by atoms with Gasteiger partial charge in [0.15, 0.2) is 0 Å². The van der Waals surface area contributed by atoms with E-state index in [1.54, 1.807) is 11.6 Å². The Morgan fingerprint density at radius 1 is 1.47 bits per heavy atom. The molecule has 7 heteroatoms. The van der Waals surface area contributed by atoms with Gasteiger partial charge >= 0.3 is 12.0 Å². The number of rotatable bonds is 6. The van der Waals surface area contributed by atoms with Gasteiger partial charge in [-0.25, -0.2) is 4.79 Å². The maximum absolute atomic E-state index is 11.5. The number of aliphatic carboxylic acids is 1. The van der Waals surface area contributed by atoms with Crippen LogP contribution in [0.2, 0.25) is 0 Å². The number of urea groups is 1. The van der Waals surface area contributed by atoms with Crippen LogP contribution in [0.5, 0.6) is 0 Å². The van der Waals surface area contributed by atoms with Crippen molar-refractivity contribution in [2.45, 2.75) is 26.8 Å². The lowest BCUT2D eigenvalue weighted by atomic mass is 10.1. The number of nitrogens with one attached hydrogen (secondary N) is 2. The molecule has 0 aliphatic carbocycles. The van der Waals surface area contributed by atoms with E-state index in [9.17, 15) is 9.59 Å². The zero-order valence-corrected chi connectivity index (χ0v) is 11.4. The van der Waals surface area contributed by atoms with Crippen molar-refractivity contribution in [3.8, 4) is 0 Å². The molecular weight excluding hydrogens is 248 g/mol. The Hall–Kier alpha value is -2.05. The fourth-order valence-corrected chi connectivity index (χ4v) is 1.68. The van der Waals surface area contributed by atoms with Gasteiger partial charge in [0.1, 0.15) is 0 Å². The number of hydrogen-bond donors (Lipinski definition) is 3. The number of aryl methyl sites for hydroxylation is 2. The second-order valence-electron chi connectivity index (χ2n) is 4.42. The van der Waals surface area contributed by atoms with E-state index in [0.29, 0.717) is 13.0 Å². The summed E-state index contributed by atoms with van der Waals surface area (Å²) in [5.41, 5.74) is 1.79. The molecule has 1 aromatic rings. The summed E-state index contributed by atoms with van der Waals surface area (Å²) in [6, 6.07) is -0.372. The Bertz CT molecular complexity index is 456. The standard InChI is InChI=1S/C12H20N4O3/c1-4-9(11(17)18)5-13-12(19)14-6-10-7-16(3)15-8(10)2/h7,9H,4-6H2,1-3H3,(H,17,18)(H2,13,14,19). The highest BCUT2D eigenvalue weighted by Crippen LogP contribution is 2.03. The van der Waals surface area contributed by atoms with Crippen LogP contribution in [0, 0.1) is 12.8 Å². The molecule has 1 unspecified atom stereocenters. The van der Waals surface area contributed by atoms with Crippen molar-refractivity contribution in [3.05, 3.63) is 17.5 Å². The van der Waals surface area contributed by atoms with Gasteiger partial charge in [-0.05, 0) is 13.3 Å². The Labute approximate surface area is 112 Å². The third-order valence-corrected chi connectivity index (χ3v) is 2.91. The first-order valence-corrected chi connectivity index (χ1v) is 6.17. The van der Waals surface area contributed by atoms with Crippen LogP contribution in [0.25, 0.3) is 0 Å². The van der Waals surface area contributed by atoms with Crippen LogP contribution >= 0.6 is 0 Å². The molecule has 1 atom stereocenters. The molecule has 2 amide bonds. The first-order valence-electron chi connectivity index (χ1n) is 6.17. The third kappa shape index (κ3) is 4.61. The van der Waals surface area contributed by atoms with Gasteiger partial charge in [0.2, 0.25) is 0 Å². The minimum absolute atomic E-state index is 0.129.